The monoisotopic (exact) mass is 210 g/mol. The van der Waals surface area contributed by atoms with Gasteiger partial charge in [0, 0.05) is 18.6 Å². The molecule has 2 saturated heterocycles. The zero-order valence-corrected chi connectivity index (χ0v) is 10.4. The molecule has 0 aromatic rings. The number of hydrogen-bond acceptors (Lipinski definition) is 3. The van der Waals surface area contributed by atoms with Gasteiger partial charge in [-0.05, 0) is 40.3 Å². The number of carbonyl (C=O) groups is 1. The highest BCUT2D eigenvalue weighted by atomic mass is 16.1. The molecule has 0 bridgehead atoms. The summed E-state index contributed by atoms with van der Waals surface area (Å²) in [5.74, 6) is 0.918. The number of ketones is 1. The minimum absolute atomic E-state index is 0.201. The summed E-state index contributed by atoms with van der Waals surface area (Å²) < 4.78 is 0. The van der Waals surface area contributed by atoms with Crippen molar-refractivity contribution in [3.8, 4) is 0 Å². The van der Waals surface area contributed by atoms with Crippen molar-refractivity contribution in [2.24, 2.45) is 5.92 Å². The molecule has 0 N–H and O–H groups in total. The number of carbonyl (C=O) groups excluding carboxylic acids is 1. The molecule has 0 aromatic heterocycles. The van der Waals surface area contributed by atoms with E-state index in [2.05, 4.69) is 37.7 Å². The molecular formula is C12H22N2O. The number of nitrogens with zero attached hydrogens (tertiary/aromatic N) is 2. The maximum absolute atomic E-state index is 12.0. The van der Waals surface area contributed by atoms with E-state index in [1.165, 1.54) is 0 Å². The van der Waals surface area contributed by atoms with Crippen molar-refractivity contribution < 1.29 is 4.79 Å². The summed E-state index contributed by atoms with van der Waals surface area (Å²) in [4.78, 5) is 16.7. The number of likely N-dealkylation sites (N-methyl/N-ethyl adjacent to an activating group) is 2. The van der Waals surface area contributed by atoms with E-state index < -0.39 is 0 Å². The van der Waals surface area contributed by atoms with Gasteiger partial charge in [-0.1, -0.05) is 6.92 Å². The third-order valence-corrected chi connectivity index (χ3v) is 4.92. The lowest BCUT2D eigenvalue weighted by molar-refractivity contribution is -0.127. The predicted octanol–water partition coefficient (Wildman–Crippen LogP) is 0.988. The smallest absolute Gasteiger partial charge is 0.151 e. The first-order chi connectivity index (χ1) is 6.93. The average molecular weight is 210 g/mol. The number of likely N-dealkylation sites (tertiary alicyclic amines) is 2. The molecular weight excluding hydrogens is 188 g/mol. The summed E-state index contributed by atoms with van der Waals surface area (Å²) in [7, 11) is 4.26. The lowest BCUT2D eigenvalue weighted by atomic mass is 9.84. The fraction of sp³-hybridized carbons (Fsp3) is 0.917. The molecule has 3 heteroatoms. The highest BCUT2D eigenvalue weighted by molar-refractivity contribution is 5.88. The Morgan fingerprint density at radius 1 is 1.33 bits per heavy atom. The van der Waals surface area contributed by atoms with Gasteiger partial charge in [-0.3, -0.25) is 9.69 Å². The topological polar surface area (TPSA) is 23.6 Å². The summed E-state index contributed by atoms with van der Waals surface area (Å²) in [5, 5.41) is 0. The third kappa shape index (κ3) is 1.16. The first kappa shape index (κ1) is 11.1. The van der Waals surface area contributed by atoms with Gasteiger partial charge >= 0.3 is 0 Å². The van der Waals surface area contributed by atoms with E-state index in [1.807, 2.05) is 0 Å². The molecule has 0 aliphatic carbocycles. The summed E-state index contributed by atoms with van der Waals surface area (Å²) in [6.07, 6.45) is 0.995. The molecule has 4 atom stereocenters. The van der Waals surface area contributed by atoms with Gasteiger partial charge in [0.25, 0.3) is 0 Å². The van der Waals surface area contributed by atoms with Crippen molar-refractivity contribution >= 4 is 5.78 Å². The predicted molar refractivity (Wildman–Crippen MR) is 60.8 cm³/mol. The van der Waals surface area contributed by atoms with Crippen LogP contribution in [0.4, 0.5) is 0 Å². The van der Waals surface area contributed by atoms with Crippen LogP contribution >= 0.6 is 0 Å². The van der Waals surface area contributed by atoms with E-state index in [1.54, 1.807) is 6.92 Å². The van der Waals surface area contributed by atoms with Crippen molar-refractivity contribution in [3.63, 3.8) is 0 Å². The SMILES string of the molecule is CC(=O)C12CCN(C)C1C(C)C(C)N2C. The maximum atomic E-state index is 12.0. The first-order valence-corrected chi connectivity index (χ1v) is 5.87. The van der Waals surface area contributed by atoms with Crippen LogP contribution in [-0.2, 0) is 4.79 Å². The van der Waals surface area contributed by atoms with Crippen LogP contribution in [0.1, 0.15) is 27.2 Å². The van der Waals surface area contributed by atoms with Crippen molar-refractivity contribution in [2.75, 3.05) is 20.6 Å². The molecule has 2 rings (SSSR count). The molecule has 0 aromatic carbocycles. The van der Waals surface area contributed by atoms with Crippen molar-refractivity contribution in [2.45, 2.75) is 44.8 Å². The van der Waals surface area contributed by atoms with Crippen LogP contribution in [0.5, 0.6) is 0 Å². The van der Waals surface area contributed by atoms with Gasteiger partial charge in [0.05, 0.1) is 5.54 Å². The van der Waals surface area contributed by atoms with E-state index in [0.29, 0.717) is 23.8 Å². The van der Waals surface area contributed by atoms with Crippen LogP contribution in [0.2, 0.25) is 0 Å². The second kappa shape index (κ2) is 3.29. The number of Topliss-reactive ketones (excluding diaryl/α,β-unsaturated/α-hetero) is 1. The lowest BCUT2D eigenvalue weighted by Gasteiger charge is -2.35. The van der Waals surface area contributed by atoms with Crippen molar-refractivity contribution in [1.29, 1.82) is 0 Å². The third-order valence-electron chi connectivity index (χ3n) is 4.92. The second-order valence-corrected chi connectivity index (χ2v) is 5.37. The van der Waals surface area contributed by atoms with Crippen LogP contribution in [-0.4, -0.2) is 53.8 Å². The summed E-state index contributed by atoms with van der Waals surface area (Å²) in [5.41, 5.74) is -0.201. The van der Waals surface area contributed by atoms with Gasteiger partial charge in [-0.25, -0.2) is 0 Å². The largest absolute Gasteiger partial charge is 0.301 e. The average Bonchev–Trinajstić information content (AvgIpc) is 2.61. The van der Waals surface area contributed by atoms with Crippen molar-refractivity contribution in [3.05, 3.63) is 0 Å². The molecule has 2 aliphatic rings. The molecule has 0 amide bonds. The Morgan fingerprint density at radius 2 is 1.93 bits per heavy atom. The van der Waals surface area contributed by atoms with E-state index in [4.69, 9.17) is 0 Å². The molecule has 0 spiro atoms. The molecule has 86 valence electrons. The normalized spacial score (nSPS) is 47.1. The zero-order valence-electron chi connectivity index (χ0n) is 10.4. The molecule has 0 radical (unpaired) electrons. The minimum atomic E-state index is -0.201. The zero-order chi connectivity index (χ0) is 11.4. The number of fused-ring (bicyclic) bond motifs is 1. The van der Waals surface area contributed by atoms with Gasteiger partial charge in [0.15, 0.2) is 5.78 Å². The Bertz CT molecular complexity index is 291. The fourth-order valence-electron chi connectivity index (χ4n) is 3.83. The van der Waals surface area contributed by atoms with Gasteiger partial charge in [-0.15, -0.1) is 0 Å². The Morgan fingerprint density at radius 3 is 2.40 bits per heavy atom. The summed E-state index contributed by atoms with van der Waals surface area (Å²) in [6.45, 7) is 7.32. The second-order valence-electron chi connectivity index (χ2n) is 5.37. The molecule has 2 heterocycles. The summed E-state index contributed by atoms with van der Waals surface area (Å²) in [6, 6.07) is 0.914. The van der Waals surface area contributed by atoms with Crippen LogP contribution in [0.25, 0.3) is 0 Å². The van der Waals surface area contributed by atoms with Gasteiger partial charge in [0.2, 0.25) is 0 Å². The number of rotatable bonds is 1. The van der Waals surface area contributed by atoms with Crippen LogP contribution in [0, 0.1) is 5.92 Å². The standard InChI is InChI=1S/C12H22N2O/c1-8-9(2)14(5)12(10(3)15)6-7-13(4)11(8)12/h8-9,11H,6-7H2,1-5H3. The molecule has 2 fully saturated rings. The first-order valence-electron chi connectivity index (χ1n) is 5.87. The van der Waals surface area contributed by atoms with E-state index in [0.717, 1.165) is 13.0 Å². The number of hydrogen-bond donors (Lipinski definition) is 0. The van der Waals surface area contributed by atoms with Crippen LogP contribution < -0.4 is 0 Å². The molecule has 2 aliphatic heterocycles. The van der Waals surface area contributed by atoms with Gasteiger partial charge in [0.1, 0.15) is 0 Å². The lowest BCUT2D eigenvalue weighted by Crippen LogP contribution is -2.54. The van der Waals surface area contributed by atoms with Crippen LogP contribution in [0.15, 0.2) is 0 Å². The Kier molecular flexibility index (Phi) is 2.43. The fourth-order valence-corrected chi connectivity index (χ4v) is 3.83. The molecule has 15 heavy (non-hydrogen) atoms. The van der Waals surface area contributed by atoms with Gasteiger partial charge in [-0.2, -0.15) is 0 Å². The highest BCUT2D eigenvalue weighted by Gasteiger charge is 2.61. The van der Waals surface area contributed by atoms with Crippen LogP contribution in [0.3, 0.4) is 0 Å². The Balaban J connectivity index is 2.45. The minimum Gasteiger partial charge on any atom is -0.301 e. The summed E-state index contributed by atoms with van der Waals surface area (Å²) >= 11 is 0. The molecule has 4 unspecified atom stereocenters. The Labute approximate surface area is 92.4 Å². The van der Waals surface area contributed by atoms with Gasteiger partial charge < -0.3 is 4.90 Å². The quantitative estimate of drug-likeness (QED) is 0.645. The molecule has 3 nitrogen and oxygen atoms in total. The van der Waals surface area contributed by atoms with E-state index >= 15 is 0 Å². The Hall–Kier alpha value is -0.410. The molecule has 0 saturated carbocycles. The van der Waals surface area contributed by atoms with E-state index in [-0.39, 0.29) is 5.54 Å². The maximum Gasteiger partial charge on any atom is 0.151 e. The highest BCUT2D eigenvalue weighted by Crippen LogP contribution is 2.46. The van der Waals surface area contributed by atoms with Crippen molar-refractivity contribution in [1.82, 2.24) is 9.80 Å². The van der Waals surface area contributed by atoms with E-state index in [9.17, 15) is 4.79 Å².